The maximum absolute atomic E-state index is 12.4. The van der Waals surface area contributed by atoms with E-state index >= 15 is 0 Å². The number of ether oxygens (including phenoxy) is 1. The summed E-state index contributed by atoms with van der Waals surface area (Å²) in [6.07, 6.45) is 0. The van der Waals surface area contributed by atoms with Crippen LogP contribution < -0.4 is 10.1 Å². The molecule has 0 saturated carbocycles. The summed E-state index contributed by atoms with van der Waals surface area (Å²) in [5.41, 5.74) is 2.06. The Bertz CT molecular complexity index is 866. The van der Waals surface area contributed by atoms with Gasteiger partial charge in [0.1, 0.15) is 16.8 Å². The Hall–Kier alpha value is -1.89. The monoisotopic (exact) mass is 353 g/mol. The molecule has 0 spiro atoms. The van der Waals surface area contributed by atoms with Gasteiger partial charge in [-0.25, -0.2) is 0 Å². The standard InChI is InChI=1S/C14H9Cl2N3O2S/c1-21-11-5-2-7(6-9(11)16)14(20)17-12-8(15)3-4-10-13(12)19-22-18-10/h2-6H,1H3,(H,17,20). The molecule has 1 amide bonds. The molecule has 1 aromatic heterocycles. The minimum absolute atomic E-state index is 0.341. The summed E-state index contributed by atoms with van der Waals surface area (Å²) in [5.74, 6) is 0.161. The number of methoxy groups -OCH3 is 1. The average molecular weight is 354 g/mol. The highest BCUT2D eigenvalue weighted by molar-refractivity contribution is 7.00. The van der Waals surface area contributed by atoms with E-state index in [1.807, 2.05) is 0 Å². The first-order valence-corrected chi connectivity index (χ1v) is 7.64. The van der Waals surface area contributed by atoms with E-state index in [-0.39, 0.29) is 5.91 Å². The van der Waals surface area contributed by atoms with Gasteiger partial charge in [0.05, 0.1) is 34.6 Å². The van der Waals surface area contributed by atoms with Gasteiger partial charge < -0.3 is 10.1 Å². The lowest BCUT2D eigenvalue weighted by Crippen LogP contribution is -2.12. The molecular formula is C14H9Cl2N3O2S. The topological polar surface area (TPSA) is 64.1 Å². The van der Waals surface area contributed by atoms with Crippen LogP contribution in [-0.2, 0) is 0 Å². The van der Waals surface area contributed by atoms with Gasteiger partial charge in [0.2, 0.25) is 0 Å². The largest absolute Gasteiger partial charge is 0.495 e. The third kappa shape index (κ3) is 2.72. The van der Waals surface area contributed by atoms with Crippen LogP contribution in [0.25, 0.3) is 11.0 Å². The zero-order chi connectivity index (χ0) is 15.7. The van der Waals surface area contributed by atoms with Crippen LogP contribution in [-0.4, -0.2) is 21.8 Å². The Morgan fingerprint density at radius 2 is 2.00 bits per heavy atom. The van der Waals surface area contributed by atoms with Crippen LogP contribution in [0.3, 0.4) is 0 Å². The molecule has 1 N–H and O–H groups in total. The first kappa shape index (κ1) is 15.0. The van der Waals surface area contributed by atoms with E-state index < -0.39 is 0 Å². The smallest absolute Gasteiger partial charge is 0.255 e. The number of benzene rings is 2. The van der Waals surface area contributed by atoms with Gasteiger partial charge in [0, 0.05) is 5.56 Å². The van der Waals surface area contributed by atoms with Gasteiger partial charge in [-0.1, -0.05) is 23.2 Å². The Kier molecular flexibility index (Phi) is 4.15. The number of carbonyl (C=O) groups is 1. The van der Waals surface area contributed by atoms with Crippen molar-refractivity contribution in [1.82, 2.24) is 8.75 Å². The quantitative estimate of drug-likeness (QED) is 0.763. The highest BCUT2D eigenvalue weighted by Crippen LogP contribution is 2.31. The summed E-state index contributed by atoms with van der Waals surface area (Å²) in [4.78, 5) is 12.4. The molecular weight excluding hydrogens is 345 g/mol. The highest BCUT2D eigenvalue weighted by Gasteiger charge is 2.15. The van der Waals surface area contributed by atoms with Crippen molar-refractivity contribution >= 4 is 57.6 Å². The van der Waals surface area contributed by atoms with E-state index in [1.165, 1.54) is 13.2 Å². The third-order valence-corrected chi connectivity index (χ3v) is 4.18. The summed E-state index contributed by atoms with van der Waals surface area (Å²) >= 11 is 13.2. The maximum Gasteiger partial charge on any atom is 0.255 e. The number of nitrogens with zero attached hydrogens (tertiary/aromatic N) is 2. The fourth-order valence-corrected chi connectivity index (χ4v) is 2.94. The highest BCUT2D eigenvalue weighted by atomic mass is 35.5. The molecule has 1 heterocycles. The van der Waals surface area contributed by atoms with E-state index in [0.717, 1.165) is 11.7 Å². The zero-order valence-electron chi connectivity index (χ0n) is 11.3. The molecule has 2 aromatic carbocycles. The molecule has 112 valence electrons. The van der Waals surface area contributed by atoms with Gasteiger partial charge in [-0.05, 0) is 30.3 Å². The molecule has 3 aromatic rings. The minimum Gasteiger partial charge on any atom is -0.495 e. The predicted molar refractivity (Wildman–Crippen MR) is 88.4 cm³/mol. The minimum atomic E-state index is -0.341. The van der Waals surface area contributed by atoms with Crippen LogP contribution in [0.4, 0.5) is 5.69 Å². The third-order valence-electron chi connectivity index (χ3n) is 3.03. The number of aromatic nitrogens is 2. The Morgan fingerprint density at radius 3 is 2.73 bits per heavy atom. The second kappa shape index (κ2) is 6.08. The molecule has 0 aliphatic heterocycles. The fraction of sp³-hybridized carbons (Fsp3) is 0.0714. The lowest BCUT2D eigenvalue weighted by molar-refractivity contribution is 0.102. The molecule has 0 atom stereocenters. The second-order valence-corrected chi connectivity index (χ2v) is 5.70. The van der Waals surface area contributed by atoms with E-state index in [2.05, 4.69) is 14.1 Å². The number of carbonyl (C=O) groups excluding carboxylic acids is 1. The Labute approximate surface area is 140 Å². The molecule has 22 heavy (non-hydrogen) atoms. The second-order valence-electron chi connectivity index (χ2n) is 4.36. The first-order valence-electron chi connectivity index (χ1n) is 6.16. The summed E-state index contributed by atoms with van der Waals surface area (Å²) in [7, 11) is 1.51. The van der Waals surface area contributed by atoms with Crippen molar-refractivity contribution in [2.75, 3.05) is 12.4 Å². The van der Waals surface area contributed by atoms with Crippen LogP contribution in [0.15, 0.2) is 30.3 Å². The molecule has 0 saturated heterocycles. The lowest BCUT2D eigenvalue weighted by atomic mass is 10.2. The van der Waals surface area contributed by atoms with Gasteiger partial charge in [0.15, 0.2) is 0 Å². The van der Waals surface area contributed by atoms with Crippen LogP contribution in [0, 0.1) is 0 Å². The number of amides is 1. The summed E-state index contributed by atoms with van der Waals surface area (Å²) in [6.45, 7) is 0. The number of halogens is 2. The molecule has 0 aliphatic rings. The van der Waals surface area contributed by atoms with E-state index in [9.17, 15) is 4.79 Å². The SMILES string of the molecule is COc1ccc(C(=O)Nc2c(Cl)ccc3nsnc23)cc1Cl. The first-order chi connectivity index (χ1) is 10.6. The zero-order valence-corrected chi connectivity index (χ0v) is 13.6. The molecule has 0 fully saturated rings. The summed E-state index contributed by atoms with van der Waals surface area (Å²) in [5, 5.41) is 3.51. The van der Waals surface area contributed by atoms with Crippen molar-refractivity contribution in [3.8, 4) is 5.75 Å². The van der Waals surface area contributed by atoms with Gasteiger partial charge in [-0.3, -0.25) is 4.79 Å². The van der Waals surface area contributed by atoms with Crippen molar-refractivity contribution in [1.29, 1.82) is 0 Å². The number of fused-ring (bicyclic) bond motifs is 1. The van der Waals surface area contributed by atoms with Crippen molar-refractivity contribution < 1.29 is 9.53 Å². The van der Waals surface area contributed by atoms with Crippen molar-refractivity contribution in [3.63, 3.8) is 0 Å². The van der Waals surface area contributed by atoms with E-state index in [1.54, 1.807) is 24.3 Å². The predicted octanol–water partition coefficient (Wildman–Crippen LogP) is 4.26. The van der Waals surface area contributed by atoms with Crippen LogP contribution in [0.2, 0.25) is 10.0 Å². The van der Waals surface area contributed by atoms with Gasteiger partial charge >= 0.3 is 0 Å². The van der Waals surface area contributed by atoms with Gasteiger partial charge in [-0.15, -0.1) is 0 Å². The number of hydrogen-bond donors (Lipinski definition) is 1. The molecule has 0 radical (unpaired) electrons. The normalized spacial score (nSPS) is 10.7. The van der Waals surface area contributed by atoms with E-state index in [4.69, 9.17) is 27.9 Å². The molecule has 0 aliphatic carbocycles. The van der Waals surface area contributed by atoms with Crippen molar-refractivity contribution in [2.45, 2.75) is 0 Å². The lowest BCUT2D eigenvalue weighted by Gasteiger charge is -2.09. The van der Waals surface area contributed by atoms with Crippen LogP contribution in [0.1, 0.15) is 10.4 Å². The number of rotatable bonds is 3. The molecule has 0 bridgehead atoms. The van der Waals surface area contributed by atoms with Gasteiger partial charge in [-0.2, -0.15) is 8.75 Å². The average Bonchev–Trinajstić information content (AvgIpc) is 2.98. The fourth-order valence-electron chi connectivity index (χ4n) is 1.94. The summed E-state index contributed by atoms with van der Waals surface area (Å²) < 4.78 is 13.3. The van der Waals surface area contributed by atoms with E-state index in [0.29, 0.717) is 38.1 Å². The van der Waals surface area contributed by atoms with Crippen LogP contribution >= 0.6 is 34.9 Å². The maximum atomic E-state index is 12.4. The summed E-state index contributed by atoms with van der Waals surface area (Å²) in [6, 6.07) is 8.20. The molecule has 8 heteroatoms. The molecule has 0 unspecified atom stereocenters. The number of hydrogen-bond acceptors (Lipinski definition) is 5. The number of anilines is 1. The number of nitrogens with one attached hydrogen (secondary N) is 1. The Balaban J connectivity index is 1.95. The molecule has 3 rings (SSSR count). The molecule has 5 nitrogen and oxygen atoms in total. The van der Waals surface area contributed by atoms with Gasteiger partial charge in [0.25, 0.3) is 5.91 Å². The van der Waals surface area contributed by atoms with Crippen LogP contribution in [0.5, 0.6) is 5.75 Å². The Morgan fingerprint density at radius 1 is 1.18 bits per heavy atom. The van der Waals surface area contributed by atoms with Crippen molar-refractivity contribution in [3.05, 3.63) is 45.9 Å². The van der Waals surface area contributed by atoms with Crippen molar-refractivity contribution in [2.24, 2.45) is 0 Å².